The molecule has 0 fully saturated rings. The number of hydrogen-bond donors (Lipinski definition) is 0. The van der Waals surface area contributed by atoms with E-state index in [1.165, 1.54) is 22.3 Å². The first-order valence-corrected chi connectivity index (χ1v) is 10.6. The van der Waals surface area contributed by atoms with E-state index in [2.05, 4.69) is 60.2 Å². The van der Waals surface area contributed by atoms with Crippen LogP contribution in [0.1, 0.15) is 11.1 Å². The second kappa shape index (κ2) is 12.0. The predicted molar refractivity (Wildman–Crippen MR) is 132 cm³/mol. The number of benzene rings is 3. The van der Waals surface area contributed by atoms with E-state index in [1.807, 2.05) is 79.0 Å². The summed E-state index contributed by atoms with van der Waals surface area (Å²) in [7, 11) is 0. The second-order valence-electron chi connectivity index (χ2n) is 7.52. The fraction of sp³-hybridized carbons (Fsp3) is 0.0667. The summed E-state index contributed by atoms with van der Waals surface area (Å²) >= 11 is 0. The molecular formula is C30H24IrN2-2. The summed E-state index contributed by atoms with van der Waals surface area (Å²) in [6, 6.07) is 38.8. The SMILES string of the molecule is Cc1c[c-]c(-c2ccccn2)cc1.Cc1cc(-c2[c-]cccc2)ncc1-c1ccccc1.[Ir]. The summed E-state index contributed by atoms with van der Waals surface area (Å²) in [5.41, 5.74) is 8.86. The summed E-state index contributed by atoms with van der Waals surface area (Å²) in [6.45, 7) is 4.18. The first-order chi connectivity index (χ1) is 15.7. The van der Waals surface area contributed by atoms with Crippen LogP contribution < -0.4 is 0 Å². The van der Waals surface area contributed by atoms with E-state index in [4.69, 9.17) is 0 Å². The molecule has 0 aliphatic carbocycles. The van der Waals surface area contributed by atoms with Gasteiger partial charge in [0.1, 0.15) is 0 Å². The molecule has 0 saturated carbocycles. The van der Waals surface area contributed by atoms with Crippen LogP contribution in [0.5, 0.6) is 0 Å². The van der Waals surface area contributed by atoms with E-state index in [9.17, 15) is 0 Å². The van der Waals surface area contributed by atoms with Gasteiger partial charge in [-0.1, -0.05) is 55.5 Å². The Bertz CT molecular complexity index is 1250. The third kappa shape index (κ3) is 6.55. The zero-order valence-electron chi connectivity index (χ0n) is 18.6. The molecule has 1 radical (unpaired) electrons. The van der Waals surface area contributed by atoms with E-state index in [0.29, 0.717) is 0 Å². The summed E-state index contributed by atoms with van der Waals surface area (Å²) < 4.78 is 0. The molecular weight excluding hydrogens is 581 g/mol. The molecule has 0 atom stereocenters. The molecule has 3 heteroatoms. The van der Waals surface area contributed by atoms with Crippen LogP contribution in [0.15, 0.2) is 109 Å². The quantitative estimate of drug-likeness (QED) is 0.201. The van der Waals surface area contributed by atoms with Gasteiger partial charge in [-0.15, -0.1) is 71.3 Å². The maximum atomic E-state index is 4.55. The number of aromatic nitrogens is 2. The molecule has 0 aliphatic rings. The molecule has 0 amide bonds. The van der Waals surface area contributed by atoms with E-state index in [-0.39, 0.29) is 20.1 Å². The minimum absolute atomic E-state index is 0. The van der Waals surface area contributed by atoms with Crippen LogP contribution in [0.2, 0.25) is 0 Å². The van der Waals surface area contributed by atoms with Crippen molar-refractivity contribution < 1.29 is 20.1 Å². The van der Waals surface area contributed by atoms with Gasteiger partial charge in [0.2, 0.25) is 0 Å². The fourth-order valence-electron chi connectivity index (χ4n) is 3.36. The zero-order valence-corrected chi connectivity index (χ0v) is 21.0. The normalized spacial score (nSPS) is 9.88. The summed E-state index contributed by atoms with van der Waals surface area (Å²) in [4.78, 5) is 8.80. The Kier molecular flexibility index (Phi) is 8.83. The summed E-state index contributed by atoms with van der Waals surface area (Å²) in [5, 5.41) is 0. The van der Waals surface area contributed by atoms with Gasteiger partial charge >= 0.3 is 0 Å². The number of rotatable bonds is 3. The molecule has 3 aromatic carbocycles. The Morgan fingerprint density at radius 1 is 0.667 bits per heavy atom. The van der Waals surface area contributed by atoms with Crippen molar-refractivity contribution in [3.63, 3.8) is 0 Å². The second-order valence-corrected chi connectivity index (χ2v) is 7.52. The molecule has 0 bridgehead atoms. The predicted octanol–water partition coefficient (Wildman–Crippen LogP) is 7.38. The average Bonchev–Trinajstić information content (AvgIpc) is 2.86. The van der Waals surface area contributed by atoms with Gasteiger partial charge in [-0.2, -0.15) is 0 Å². The van der Waals surface area contributed by atoms with Gasteiger partial charge in [-0.25, -0.2) is 0 Å². The van der Waals surface area contributed by atoms with E-state index in [0.717, 1.165) is 22.5 Å². The van der Waals surface area contributed by atoms with Crippen LogP contribution in [0, 0.1) is 26.0 Å². The number of nitrogens with zero attached hydrogens (tertiary/aromatic N) is 2. The van der Waals surface area contributed by atoms with Crippen LogP contribution in [-0.4, -0.2) is 9.97 Å². The zero-order chi connectivity index (χ0) is 22.2. The van der Waals surface area contributed by atoms with Gasteiger partial charge < -0.3 is 9.97 Å². The van der Waals surface area contributed by atoms with E-state index in [1.54, 1.807) is 6.20 Å². The third-order valence-corrected chi connectivity index (χ3v) is 5.09. The maximum absolute atomic E-state index is 4.55. The fourth-order valence-corrected chi connectivity index (χ4v) is 3.36. The Labute approximate surface area is 209 Å². The minimum Gasteiger partial charge on any atom is -0.305 e. The number of hydrogen-bond acceptors (Lipinski definition) is 2. The van der Waals surface area contributed by atoms with Crippen molar-refractivity contribution in [3.8, 4) is 33.6 Å². The molecule has 5 rings (SSSR count). The number of pyridine rings is 2. The molecule has 2 heterocycles. The van der Waals surface area contributed by atoms with Crippen molar-refractivity contribution >= 4 is 0 Å². The number of aryl methyl sites for hydroxylation is 2. The molecule has 2 aromatic heterocycles. The largest absolute Gasteiger partial charge is 0.305 e. The first-order valence-electron chi connectivity index (χ1n) is 10.6. The molecule has 0 aliphatic heterocycles. The average molecular weight is 605 g/mol. The van der Waals surface area contributed by atoms with Crippen LogP contribution >= 0.6 is 0 Å². The summed E-state index contributed by atoms with van der Waals surface area (Å²) in [6.07, 6.45) is 3.74. The van der Waals surface area contributed by atoms with Gasteiger partial charge in [-0.3, -0.25) is 0 Å². The Morgan fingerprint density at radius 2 is 1.42 bits per heavy atom. The van der Waals surface area contributed by atoms with Crippen molar-refractivity contribution in [2.45, 2.75) is 13.8 Å². The first kappa shape index (κ1) is 24.3. The molecule has 0 N–H and O–H groups in total. The molecule has 0 unspecified atom stereocenters. The summed E-state index contributed by atoms with van der Waals surface area (Å²) in [5.74, 6) is 0. The smallest absolute Gasteiger partial charge is 0.0242 e. The van der Waals surface area contributed by atoms with Crippen LogP contribution in [0.25, 0.3) is 33.6 Å². The van der Waals surface area contributed by atoms with Crippen molar-refractivity contribution in [3.05, 3.63) is 133 Å². The van der Waals surface area contributed by atoms with Gasteiger partial charge in [0.15, 0.2) is 0 Å². The van der Waals surface area contributed by atoms with Gasteiger partial charge in [0.05, 0.1) is 0 Å². The van der Waals surface area contributed by atoms with Crippen molar-refractivity contribution in [2.75, 3.05) is 0 Å². The standard InChI is InChI=1S/C18H14N.C12H10N.Ir/c1-14-12-18(16-10-6-3-7-11-16)19-13-17(14)15-8-4-2-5-9-15;1-10-5-7-11(8-6-10)12-4-2-3-9-13-12;/h2-10,12-13H,1H3;2-7,9H,1H3;/q2*-1;. The van der Waals surface area contributed by atoms with E-state index >= 15 is 0 Å². The maximum Gasteiger partial charge on any atom is 0.0242 e. The molecule has 33 heavy (non-hydrogen) atoms. The van der Waals surface area contributed by atoms with Gasteiger partial charge in [-0.05, 0) is 35.5 Å². The van der Waals surface area contributed by atoms with Crippen LogP contribution in [-0.2, 0) is 20.1 Å². The van der Waals surface area contributed by atoms with Crippen LogP contribution in [0.4, 0.5) is 0 Å². The van der Waals surface area contributed by atoms with Gasteiger partial charge in [0, 0.05) is 38.1 Å². The topological polar surface area (TPSA) is 25.8 Å². The monoisotopic (exact) mass is 605 g/mol. The molecule has 5 aromatic rings. The van der Waals surface area contributed by atoms with Crippen molar-refractivity contribution in [2.24, 2.45) is 0 Å². The van der Waals surface area contributed by atoms with Gasteiger partial charge in [0.25, 0.3) is 0 Å². The third-order valence-electron chi connectivity index (χ3n) is 5.09. The molecule has 0 saturated heterocycles. The molecule has 165 valence electrons. The van der Waals surface area contributed by atoms with Crippen LogP contribution in [0.3, 0.4) is 0 Å². The van der Waals surface area contributed by atoms with Crippen molar-refractivity contribution in [1.82, 2.24) is 9.97 Å². The van der Waals surface area contributed by atoms with E-state index < -0.39 is 0 Å². The Balaban J connectivity index is 0.000000192. The molecule has 2 nitrogen and oxygen atoms in total. The van der Waals surface area contributed by atoms with Crippen molar-refractivity contribution in [1.29, 1.82) is 0 Å². The Morgan fingerprint density at radius 3 is 2.06 bits per heavy atom. The minimum atomic E-state index is 0. The Hall–Kier alpha value is -3.39. The molecule has 0 spiro atoms.